The van der Waals surface area contributed by atoms with Crippen molar-refractivity contribution in [3.63, 3.8) is 0 Å². The number of aliphatic hydroxyl groups excluding tert-OH is 1. The number of Topliss-reactive ketones (excluding diaryl/α,β-unsaturated/α-hetero) is 1. The Morgan fingerprint density at radius 2 is 2.03 bits per heavy atom. The first-order valence-corrected chi connectivity index (χ1v) is 13.1. The van der Waals surface area contributed by atoms with Gasteiger partial charge < -0.3 is 24.5 Å². The number of allylic oxidation sites excluding steroid dienone is 2. The van der Waals surface area contributed by atoms with Gasteiger partial charge >= 0.3 is 5.97 Å². The third-order valence-electron chi connectivity index (χ3n) is 6.70. The maximum atomic E-state index is 13.6. The Kier molecular flexibility index (Phi) is 10.7. The van der Waals surface area contributed by atoms with Crippen LogP contribution >= 0.6 is 0 Å². The summed E-state index contributed by atoms with van der Waals surface area (Å²) in [6, 6.07) is -0.883. The van der Waals surface area contributed by atoms with Crippen LogP contribution in [0.5, 0.6) is 0 Å². The molecule has 212 valence electrons. The number of alkyl halides is 1. The molecule has 2 N–H and O–H groups in total. The number of hydrogen-bond acceptors (Lipinski definition) is 8. The number of esters is 1. The van der Waals surface area contributed by atoms with Crippen molar-refractivity contribution in [3.05, 3.63) is 53.8 Å². The van der Waals surface area contributed by atoms with Gasteiger partial charge in [0.2, 0.25) is 11.8 Å². The first kappa shape index (κ1) is 29.9. The van der Waals surface area contributed by atoms with Gasteiger partial charge in [0, 0.05) is 31.3 Å². The van der Waals surface area contributed by atoms with Crippen LogP contribution in [0.4, 0.5) is 4.39 Å². The number of ketones is 1. The first-order chi connectivity index (χ1) is 18.6. The van der Waals surface area contributed by atoms with E-state index >= 15 is 0 Å². The Bertz CT molecular complexity index is 1140. The highest BCUT2D eigenvalue weighted by Gasteiger charge is 2.39. The number of oxazole rings is 1. The number of ether oxygens (including phenoxy) is 1. The Balaban J connectivity index is 1.87. The van der Waals surface area contributed by atoms with Crippen molar-refractivity contribution in [3.8, 4) is 0 Å². The number of hydrogen-bond donors (Lipinski definition) is 2. The van der Waals surface area contributed by atoms with E-state index in [1.54, 1.807) is 39.0 Å². The standard InChI is InChI=1S/C28H36FN3O7/c1-17-6-4-10-30-24(35)9-8-18(2)26(19(3)15-29)39-28(37)23-7-5-11-32(23)27(36)22-16-38-25(31-22)14-21(34)13-20(33)12-17/h4,6,8-9,12,16,18-20,23,26,33H,5,7,10-11,13-15H2,1-3H3,(H,30,35)/b6-4?,9-8+,17-12?/t18-,19-,20-,23-,26+/m1/s1. The number of amides is 2. The summed E-state index contributed by atoms with van der Waals surface area (Å²) >= 11 is 0. The molecule has 2 amide bonds. The Labute approximate surface area is 227 Å². The van der Waals surface area contributed by atoms with Gasteiger partial charge in [-0.1, -0.05) is 43.7 Å². The van der Waals surface area contributed by atoms with Crippen molar-refractivity contribution in [2.75, 3.05) is 19.8 Å². The van der Waals surface area contributed by atoms with E-state index in [1.807, 2.05) is 0 Å². The van der Waals surface area contributed by atoms with Crippen molar-refractivity contribution in [2.24, 2.45) is 11.8 Å². The molecular formula is C28H36FN3O7. The van der Waals surface area contributed by atoms with E-state index in [1.165, 1.54) is 17.1 Å². The Morgan fingerprint density at radius 3 is 2.77 bits per heavy atom. The van der Waals surface area contributed by atoms with Crippen LogP contribution < -0.4 is 5.32 Å². The maximum absolute atomic E-state index is 13.6. The van der Waals surface area contributed by atoms with Crippen molar-refractivity contribution < 1.29 is 37.8 Å². The van der Waals surface area contributed by atoms with Crippen LogP contribution in [0.15, 0.2) is 46.6 Å². The lowest BCUT2D eigenvalue weighted by molar-refractivity contribution is -0.158. The van der Waals surface area contributed by atoms with E-state index in [-0.39, 0.29) is 42.7 Å². The second-order valence-corrected chi connectivity index (χ2v) is 10.1. The van der Waals surface area contributed by atoms with Crippen molar-refractivity contribution in [1.29, 1.82) is 0 Å². The number of nitrogens with one attached hydrogen (secondary N) is 1. The molecule has 5 atom stereocenters. The summed E-state index contributed by atoms with van der Waals surface area (Å²) in [5, 5.41) is 12.9. The molecule has 2 aliphatic heterocycles. The van der Waals surface area contributed by atoms with E-state index in [0.717, 1.165) is 6.26 Å². The molecule has 1 fully saturated rings. The van der Waals surface area contributed by atoms with Crippen molar-refractivity contribution in [2.45, 2.75) is 64.7 Å². The molecule has 10 nitrogen and oxygen atoms in total. The lowest BCUT2D eigenvalue weighted by Crippen LogP contribution is -2.44. The van der Waals surface area contributed by atoms with Gasteiger partial charge in [0.15, 0.2) is 5.69 Å². The van der Waals surface area contributed by atoms with Gasteiger partial charge in [-0.3, -0.25) is 18.8 Å². The number of aliphatic hydroxyl groups is 1. The predicted molar refractivity (Wildman–Crippen MR) is 139 cm³/mol. The van der Waals surface area contributed by atoms with Gasteiger partial charge in [0.25, 0.3) is 5.91 Å². The SMILES string of the molecule is CC1=C[C@@H](O)CC(=O)Cc2nc(co2)C(=O)N2CCC[C@@H]2C(=O)O[C@H]([C@H](C)CF)[C@H](C)/C=C/C(=O)NCC=C1. The van der Waals surface area contributed by atoms with Gasteiger partial charge in [0.1, 0.15) is 24.2 Å². The molecule has 2 bridgehead atoms. The fourth-order valence-corrected chi connectivity index (χ4v) is 4.64. The quantitative estimate of drug-likeness (QED) is 0.541. The fourth-order valence-electron chi connectivity index (χ4n) is 4.64. The van der Waals surface area contributed by atoms with Crippen LogP contribution in [-0.2, 0) is 25.5 Å². The van der Waals surface area contributed by atoms with Crippen LogP contribution in [0.2, 0.25) is 0 Å². The molecule has 39 heavy (non-hydrogen) atoms. The summed E-state index contributed by atoms with van der Waals surface area (Å²) in [7, 11) is 0. The average Bonchev–Trinajstić information content (AvgIpc) is 3.57. The highest BCUT2D eigenvalue weighted by molar-refractivity contribution is 5.95. The molecule has 0 radical (unpaired) electrons. The molecule has 1 aromatic heterocycles. The third-order valence-corrected chi connectivity index (χ3v) is 6.70. The monoisotopic (exact) mass is 545 g/mol. The molecule has 0 spiro atoms. The molecule has 0 aliphatic carbocycles. The number of nitrogens with zero attached hydrogens (tertiary/aromatic N) is 2. The zero-order valence-corrected chi connectivity index (χ0v) is 22.5. The average molecular weight is 546 g/mol. The topological polar surface area (TPSA) is 139 Å². The molecule has 0 unspecified atom stereocenters. The number of halogens is 1. The van der Waals surface area contributed by atoms with E-state index in [2.05, 4.69) is 10.3 Å². The number of fused-ring (bicyclic) bond motifs is 3. The van der Waals surface area contributed by atoms with E-state index in [0.29, 0.717) is 25.0 Å². The molecule has 1 aromatic rings. The maximum Gasteiger partial charge on any atom is 0.329 e. The fraction of sp³-hybridized carbons (Fsp3) is 0.536. The van der Waals surface area contributed by atoms with Gasteiger partial charge in [-0.15, -0.1) is 0 Å². The Morgan fingerprint density at radius 1 is 1.26 bits per heavy atom. The predicted octanol–water partition coefficient (Wildman–Crippen LogP) is 2.48. The summed E-state index contributed by atoms with van der Waals surface area (Å²) in [4.78, 5) is 56.5. The molecule has 0 saturated carbocycles. The summed E-state index contributed by atoms with van der Waals surface area (Å²) < 4.78 is 24.7. The van der Waals surface area contributed by atoms with E-state index < -0.39 is 48.6 Å². The van der Waals surface area contributed by atoms with Gasteiger partial charge in [-0.05, 0) is 25.8 Å². The number of carbonyl (C=O) groups is 4. The van der Waals surface area contributed by atoms with Gasteiger partial charge in [-0.2, -0.15) is 0 Å². The minimum absolute atomic E-state index is 0.0288. The second kappa shape index (κ2) is 14.0. The van der Waals surface area contributed by atoms with Crippen LogP contribution in [0.25, 0.3) is 0 Å². The number of aromatic nitrogens is 1. The minimum Gasteiger partial charge on any atom is -0.460 e. The zero-order chi connectivity index (χ0) is 28.5. The Hall–Kier alpha value is -3.60. The summed E-state index contributed by atoms with van der Waals surface area (Å²) in [6.45, 7) is 4.87. The number of cyclic esters (lactones) is 1. The van der Waals surface area contributed by atoms with Crippen molar-refractivity contribution in [1.82, 2.24) is 15.2 Å². The van der Waals surface area contributed by atoms with Crippen LogP contribution in [0.3, 0.4) is 0 Å². The lowest BCUT2D eigenvalue weighted by atomic mass is 9.93. The molecule has 2 aliphatic rings. The molecule has 11 heteroatoms. The molecule has 3 heterocycles. The lowest BCUT2D eigenvalue weighted by Gasteiger charge is -2.29. The van der Waals surface area contributed by atoms with Crippen molar-refractivity contribution >= 4 is 23.6 Å². The highest BCUT2D eigenvalue weighted by atomic mass is 19.1. The summed E-state index contributed by atoms with van der Waals surface area (Å²) in [6.07, 6.45) is 7.60. The minimum atomic E-state index is -1.03. The van der Waals surface area contributed by atoms with Gasteiger partial charge in [0.05, 0.1) is 19.2 Å². The molecule has 0 aromatic carbocycles. The molecule has 3 rings (SSSR count). The number of carbonyl (C=O) groups excluding carboxylic acids is 4. The first-order valence-electron chi connectivity index (χ1n) is 13.1. The largest absolute Gasteiger partial charge is 0.460 e. The highest BCUT2D eigenvalue weighted by Crippen LogP contribution is 2.25. The van der Waals surface area contributed by atoms with Gasteiger partial charge in [-0.25, -0.2) is 9.78 Å². The van der Waals surface area contributed by atoms with Crippen LogP contribution in [0, 0.1) is 11.8 Å². The number of rotatable bonds is 2. The third kappa shape index (κ3) is 8.44. The zero-order valence-electron chi connectivity index (χ0n) is 22.5. The van der Waals surface area contributed by atoms with E-state index in [9.17, 15) is 28.7 Å². The summed E-state index contributed by atoms with van der Waals surface area (Å²) in [5.74, 6) is -3.00. The second-order valence-electron chi connectivity index (χ2n) is 10.1. The molecule has 1 saturated heterocycles. The smallest absolute Gasteiger partial charge is 0.329 e. The summed E-state index contributed by atoms with van der Waals surface area (Å²) in [5.41, 5.74) is 0.648. The van der Waals surface area contributed by atoms with Crippen LogP contribution in [0.1, 0.15) is 56.4 Å². The normalized spacial score (nSPS) is 27.8. The van der Waals surface area contributed by atoms with E-state index in [4.69, 9.17) is 9.15 Å². The molecular weight excluding hydrogens is 509 g/mol. The van der Waals surface area contributed by atoms with Crippen LogP contribution in [-0.4, -0.2) is 76.6 Å².